The maximum atomic E-state index is 13.0. The number of hydrogen-bond donors (Lipinski definition) is 4. The average molecular weight is 236 g/mol. The average Bonchev–Trinajstić information content (AvgIpc) is 2.25. The van der Waals surface area contributed by atoms with Crippen LogP contribution in [0.4, 0.5) is 18.9 Å². The van der Waals surface area contributed by atoms with Crippen molar-refractivity contribution in [2.24, 2.45) is 5.73 Å². The molecule has 0 radical (unpaired) electrons. The Morgan fingerprint density at radius 3 is 2.44 bits per heavy atom. The molecule has 1 atom stereocenters. The Morgan fingerprint density at radius 1 is 1.38 bits per heavy atom. The predicted molar refractivity (Wildman–Crippen MR) is 51.4 cm³/mol. The number of benzene rings is 1. The fourth-order valence-corrected chi connectivity index (χ4v) is 1.18. The van der Waals surface area contributed by atoms with Crippen LogP contribution in [-0.2, 0) is 0 Å². The summed E-state index contributed by atoms with van der Waals surface area (Å²) in [6, 6.07) is -0.243. The predicted octanol–water partition coefficient (Wildman–Crippen LogP) is 0.741. The first-order valence-electron chi connectivity index (χ1n) is 4.32. The summed E-state index contributed by atoms with van der Waals surface area (Å²) in [5, 5.41) is 17.8. The summed E-state index contributed by atoms with van der Waals surface area (Å²) in [6.45, 7) is -1.48. The van der Waals surface area contributed by atoms with E-state index in [0.717, 1.165) is 12.1 Å². The van der Waals surface area contributed by atoms with Gasteiger partial charge in [-0.2, -0.15) is 0 Å². The van der Waals surface area contributed by atoms with Crippen LogP contribution in [0.3, 0.4) is 0 Å². The fourth-order valence-electron chi connectivity index (χ4n) is 1.18. The highest BCUT2D eigenvalue weighted by Gasteiger charge is 2.39. The van der Waals surface area contributed by atoms with Gasteiger partial charge in [-0.25, -0.2) is 13.2 Å². The molecule has 7 heteroatoms. The van der Waals surface area contributed by atoms with Crippen molar-refractivity contribution in [1.82, 2.24) is 0 Å². The number of halogens is 3. The monoisotopic (exact) mass is 236 g/mol. The number of phenols is 1. The van der Waals surface area contributed by atoms with Crippen molar-refractivity contribution in [1.29, 1.82) is 0 Å². The number of anilines is 1. The first-order chi connectivity index (χ1) is 7.31. The van der Waals surface area contributed by atoms with Crippen LogP contribution < -0.4 is 11.5 Å². The van der Waals surface area contributed by atoms with E-state index in [1.54, 1.807) is 0 Å². The number of rotatable bonds is 3. The molecule has 6 N–H and O–H groups in total. The van der Waals surface area contributed by atoms with Gasteiger partial charge in [0.05, 0.1) is 0 Å². The lowest BCUT2D eigenvalue weighted by atomic mass is 10.00. The van der Waals surface area contributed by atoms with Crippen LogP contribution in [-0.4, -0.2) is 22.7 Å². The highest BCUT2D eigenvalue weighted by atomic mass is 19.3. The number of alkyl halides is 2. The van der Waals surface area contributed by atoms with Crippen molar-refractivity contribution in [3.63, 3.8) is 0 Å². The molecule has 90 valence electrons. The lowest BCUT2D eigenvalue weighted by Crippen LogP contribution is -2.36. The number of nitrogen functional groups attached to an aromatic ring is 1. The van der Waals surface area contributed by atoms with E-state index >= 15 is 0 Å². The minimum Gasteiger partial charge on any atom is -0.505 e. The first kappa shape index (κ1) is 12.6. The van der Waals surface area contributed by atoms with Gasteiger partial charge in [0, 0.05) is 5.56 Å². The van der Waals surface area contributed by atoms with Gasteiger partial charge in [0.2, 0.25) is 0 Å². The molecule has 0 aliphatic heterocycles. The van der Waals surface area contributed by atoms with Crippen molar-refractivity contribution in [2.75, 3.05) is 12.3 Å². The summed E-state index contributed by atoms with van der Waals surface area (Å²) in [5.41, 5.74) is 9.20. The minimum absolute atomic E-state index is 0.419. The molecule has 0 bridgehead atoms. The van der Waals surface area contributed by atoms with Gasteiger partial charge in [-0.1, -0.05) is 6.07 Å². The molecule has 16 heavy (non-hydrogen) atoms. The second-order valence-electron chi connectivity index (χ2n) is 3.30. The third-order valence-electron chi connectivity index (χ3n) is 2.20. The van der Waals surface area contributed by atoms with E-state index in [0.29, 0.717) is 0 Å². The highest BCUT2D eigenvalue weighted by molar-refractivity contribution is 5.58. The molecule has 0 fully saturated rings. The van der Waals surface area contributed by atoms with E-state index in [1.165, 1.54) is 0 Å². The van der Waals surface area contributed by atoms with E-state index in [2.05, 4.69) is 0 Å². The summed E-state index contributed by atoms with van der Waals surface area (Å²) in [6.07, 6.45) is 0. The molecule has 0 spiro atoms. The van der Waals surface area contributed by atoms with Crippen molar-refractivity contribution >= 4 is 5.69 Å². The van der Waals surface area contributed by atoms with E-state index < -0.39 is 41.4 Å². The Morgan fingerprint density at radius 2 is 1.94 bits per heavy atom. The largest absolute Gasteiger partial charge is 0.505 e. The standard InChI is InChI=1S/C9H11F3N2O2/c10-5-2-1-4(7(16)6(5)13)8(14)9(11,12)3-15/h1-2,8,15-16H,3,13-14H2/t8-/m0/s1. The van der Waals surface area contributed by atoms with E-state index in [1.807, 2.05) is 0 Å². The molecule has 0 aliphatic rings. The van der Waals surface area contributed by atoms with E-state index in [9.17, 15) is 18.3 Å². The van der Waals surface area contributed by atoms with Gasteiger partial charge in [0.1, 0.15) is 29.9 Å². The Kier molecular flexibility index (Phi) is 3.30. The maximum Gasteiger partial charge on any atom is 0.289 e. The summed E-state index contributed by atoms with van der Waals surface area (Å²) in [7, 11) is 0. The third-order valence-corrected chi connectivity index (χ3v) is 2.20. The molecule has 1 rings (SSSR count). The van der Waals surface area contributed by atoms with Gasteiger partial charge >= 0.3 is 0 Å². The molecular weight excluding hydrogens is 225 g/mol. The molecule has 0 unspecified atom stereocenters. The van der Waals surface area contributed by atoms with Gasteiger partial charge < -0.3 is 21.7 Å². The third kappa shape index (κ3) is 2.05. The zero-order valence-corrected chi connectivity index (χ0v) is 8.12. The second-order valence-corrected chi connectivity index (χ2v) is 3.30. The summed E-state index contributed by atoms with van der Waals surface area (Å²) >= 11 is 0. The summed E-state index contributed by atoms with van der Waals surface area (Å²) in [5.74, 6) is -5.39. The fraction of sp³-hybridized carbons (Fsp3) is 0.333. The molecular formula is C9H11F3N2O2. The zero-order chi connectivity index (χ0) is 12.5. The van der Waals surface area contributed by atoms with Crippen molar-refractivity contribution < 1.29 is 23.4 Å². The van der Waals surface area contributed by atoms with Crippen LogP contribution in [0.1, 0.15) is 11.6 Å². The molecule has 0 heterocycles. The normalized spacial score (nSPS) is 13.8. The molecule has 0 amide bonds. The maximum absolute atomic E-state index is 13.0. The Hall–Kier alpha value is -1.47. The van der Waals surface area contributed by atoms with Crippen LogP contribution in [0.25, 0.3) is 0 Å². The van der Waals surface area contributed by atoms with Crippen molar-refractivity contribution in [3.8, 4) is 5.75 Å². The molecule has 1 aromatic carbocycles. The van der Waals surface area contributed by atoms with Crippen molar-refractivity contribution in [2.45, 2.75) is 12.0 Å². The van der Waals surface area contributed by atoms with Gasteiger partial charge in [-0.05, 0) is 6.07 Å². The number of aromatic hydroxyl groups is 1. The van der Waals surface area contributed by atoms with Crippen molar-refractivity contribution in [3.05, 3.63) is 23.5 Å². The second kappa shape index (κ2) is 4.18. The van der Waals surface area contributed by atoms with Gasteiger partial charge in [-0.15, -0.1) is 0 Å². The highest BCUT2D eigenvalue weighted by Crippen LogP contribution is 2.37. The van der Waals surface area contributed by atoms with Gasteiger partial charge in [0.25, 0.3) is 5.92 Å². The van der Waals surface area contributed by atoms with Crippen LogP contribution in [0.2, 0.25) is 0 Å². The van der Waals surface area contributed by atoms with Crippen LogP contribution in [0, 0.1) is 5.82 Å². The number of hydrogen-bond acceptors (Lipinski definition) is 4. The molecule has 0 saturated heterocycles. The molecule has 0 aliphatic carbocycles. The number of aliphatic hydroxyl groups is 1. The Bertz CT molecular complexity index is 399. The van der Waals surface area contributed by atoms with Crippen LogP contribution in [0.5, 0.6) is 5.75 Å². The molecule has 4 nitrogen and oxygen atoms in total. The molecule has 0 aromatic heterocycles. The van der Waals surface area contributed by atoms with Crippen LogP contribution >= 0.6 is 0 Å². The smallest absolute Gasteiger partial charge is 0.289 e. The topological polar surface area (TPSA) is 92.5 Å². The number of phenolic OH excluding ortho intramolecular Hbond substituents is 1. The van der Waals surface area contributed by atoms with Crippen LogP contribution in [0.15, 0.2) is 12.1 Å². The zero-order valence-electron chi connectivity index (χ0n) is 8.12. The number of aliphatic hydroxyl groups excluding tert-OH is 1. The Labute approximate surface area is 89.3 Å². The molecule has 0 saturated carbocycles. The van der Waals surface area contributed by atoms with E-state index in [4.69, 9.17) is 16.6 Å². The molecule has 1 aromatic rings. The first-order valence-corrected chi connectivity index (χ1v) is 4.32. The van der Waals surface area contributed by atoms with Gasteiger partial charge in [-0.3, -0.25) is 0 Å². The van der Waals surface area contributed by atoms with E-state index in [-0.39, 0.29) is 0 Å². The SMILES string of the molecule is Nc1c(F)ccc([C@H](N)C(F)(F)CO)c1O. The minimum atomic E-state index is -3.62. The summed E-state index contributed by atoms with van der Waals surface area (Å²) < 4.78 is 38.9. The lowest BCUT2D eigenvalue weighted by Gasteiger charge is -2.22. The summed E-state index contributed by atoms with van der Waals surface area (Å²) in [4.78, 5) is 0. The Balaban J connectivity index is 3.20. The number of nitrogens with two attached hydrogens (primary N) is 2. The quantitative estimate of drug-likeness (QED) is 0.460. The van der Waals surface area contributed by atoms with Gasteiger partial charge in [0.15, 0.2) is 0 Å². The lowest BCUT2D eigenvalue weighted by molar-refractivity contribution is -0.0715.